The summed E-state index contributed by atoms with van der Waals surface area (Å²) in [5, 5.41) is 66.7. The minimum Gasteiger partial charge on any atom is -0.508 e. The summed E-state index contributed by atoms with van der Waals surface area (Å²) in [5.74, 6) is 1.22. The van der Waals surface area contributed by atoms with Crippen LogP contribution in [0.2, 0.25) is 0 Å². The highest BCUT2D eigenvalue weighted by Crippen LogP contribution is 2.46. The van der Waals surface area contributed by atoms with Crippen molar-refractivity contribution >= 4 is 68.4 Å². The number of halogens is 4. The van der Waals surface area contributed by atoms with Gasteiger partial charge in [0.15, 0.2) is 0 Å². The predicted octanol–water partition coefficient (Wildman–Crippen LogP) is 15.0. The number of fused-ring (bicyclic) bond motifs is 6. The van der Waals surface area contributed by atoms with Crippen LogP contribution in [0.4, 0.5) is 13.2 Å². The van der Waals surface area contributed by atoms with Gasteiger partial charge in [-0.05, 0) is 147 Å². The molecule has 0 fully saturated rings. The maximum atomic E-state index is 13.3. The molecule has 0 bridgehead atoms. The van der Waals surface area contributed by atoms with Crippen molar-refractivity contribution in [2.75, 3.05) is 34.5 Å². The minimum atomic E-state index is -4.37. The maximum absolute atomic E-state index is 13.3. The van der Waals surface area contributed by atoms with Gasteiger partial charge in [0.1, 0.15) is 74.6 Å². The largest absolute Gasteiger partial charge is 0.508 e. The molecule has 3 atom stereocenters. The van der Waals surface area contributed by atoms with E-state index in [-0.39, 0.29) is 89.4 Å². The molecule has 1 aliphatic carbocycles. The number of rotatable bonds is 11. The first-order chi connectivity index (χ1) is 47.4. The van der Waals surface area contributed by atoms with Crippen LogP contribution in [0.3, 0.4) is 0 Å². The first-order valence-electron chi connectivity index (χ1n) is 31.1. The smallest absolute Gasteiger partial charge is 0.416 e. The molecule has 0 saturated heterocycles. The Morgan fingerprint density at radius 1 is 0.540 bits per heavy atom. The van der Waals surface area contributed by atoms with Gasteiger partial charge in [-0.2, -0.15) is 13.2 Å². The van der Waals surface area contributed by atoms with Crippen molar-refractivity contribution in [1.82, 2.24) is 0 Å². The molecule has 10 aromatic rings. The summed E-state index contributed by atoms with van der Waals surface area (Å²) >= 11 is 5.73. The Balaban J connectivity index is 0.000000158. The number of carboxylic acid groups (broad SMARTS) is 1. The molecule has 0 spiro atoms. The molecule has 2 aliphatic heterocycles. The van der Waals surface area contributed by atoms with Crippen LogP contribution in [0.15, 0.2) is 134 Å². The van der Waals surface area contributed by atoms with Crippen molar-refractivity contribution < 1.29 is 110 Å². The van der Waals surface area contributed by atoms with Gasteiger partial charge in [-0.1, -0.05) is 18.2 Å². The molecule has 100 heavy (non-hydrogen) atoms. The third kappa shape index (κ3) is 18.4. The van der Waals surface area contributed by atoms with E-state index < -0.39 is 29.4 Å². The van der Waals surface area contributed by atoms with Gasteiger partial charge < -0.3 is 77.4 Å². The van der Waals surface area contributed by atoms with Crippen molar-refractivity contribution in [2.24, 2.45) is 0 Å². The van der Waals surface area contributed by atoms with E-state index in [0.29, 0.717) is 94.3 Å². The van der Waals surface area contributed by atoms with Crippen molar-refractivity contribution in [3.8, 4) is 51.7 Å². The van der Waals surface area contributed by atoms with Gasteiger partial charge >= 0.3 is 35.7 Å². The molecule has 528 valence electrons. The number of carbonyl (C=O) groups excluding carboxylic acids is 3. The van der Waals surface area contributed by atoms with E-state index in [1.807, 2.05) is 26.0 Å². The third-order valence-corrected chi connectivity index (χ3v) is 17.1. The molecule has 0 saturated carbocycles. The number of carbonyl (C=O) groups is 4. The molecule has 0 amide bonds. The van der Waals surface area contributed by atoms with Crippen LogP contribution in [-0.2, 0) is 64.7 Å². The number of furan rings is 2. The molecule has 7 N–H and O–H groups in total. The van der Waals surface area contributed by atoms with Gasteiger partial charge in [0.25, 0.3) is 0 Å². The highest BCUT2D eigenvalue weighted by Gasteiger charge is 2.38. The maximum Gasteiger partial charge on any atom is 0.416 e. The number of esters is 3. The number of phenolic OH excluding ortho intramolecular Hbond substituents is 6. The zero-order valence-electron chi connectivity index (χ0n) is 55.9. The average Bonchev–Trinajstić information content (AvgIpc) is 1.87. The average molecular weight is 1400 g/mol. The van der Waals surface area contributed by atoms with Crippen LogP contribution >= 0.6 is 11.6 Å². The number of carboxylic acids is 1. The van der Waals surface area contributed by atoms with Gasteiger partial charge in [0.2, 0.25) is 0 Å². The fraction of sp³-hybridized carbons (Fsp3) is 0.293. The van der Waals surface area contributed by atoms with E-state index in [0.717, 1.165) is 66.7 Å². The summed E-state index contributed by atoms with van der Waals surface area (Å²) in [5.41, 5.74) is 9.90. The summed E-state index contributed by atoms with van der Waals surface area (Å²) in [4.78, 5) is 55.7. The second-order valence-electron chi connectivity index (χ2n) is 23.9. The zero-order valence-corrected chi connectivity index (χ0v) is 56.7. The molecule has 3 aromatic heterocycles. The number of aryl methyl sites for hydroxylation is 6. The monoisotopic (exact) mass is 1400 g/mol. The Hall–Kier alpha value is -11.0. The number of alkyl halides is 4. The Morgan fingerprint density at radius 2 is 1.02 bits per heavy atom. The third-order valence-electron chi connectivity index (χ3n) is 16.8. The summed E-state index contributed by atoms with van der Waals surface area (Å²) < 4.78 is 86.4. The number of aliphatic carboxylic acids is 1. The van der Waals surface area contributed by atoms with E-state index in [4.69, 9.17) is 59.1 Å². The van der Waals surface area contributed by atoms with E-state index in [9.17, 15) is 57.6 Å². The predicted molar refractivity (Wildman–Crippen MR) is 362 cm³/mol. The normalized spacial score (nSPS) is 14.4. The lowest BCUT2D eigenvalue weighted by Gasteiger charge is -2.19. The van der Waals surface area contributed by atoms with E-state index in [1.54, 1.807) is 76.2 Å². The first kappa shape index (κ1) is 74.8. The van der Waals surface area contributed by atoms with Crippen LogP contribution in [0.25, 0.3) is 32.9 Å². The topological polar surface area (TPSA) is 322 Å². The summed E-state index contributed by atoms with van der Waals surface area (Å²) in [6, 6.07) is 27.0. The van der Waals surface area contributed by atoms with Crippen molar-refractivity contribution in [2.45, 2.75) is 110 Å². The molecular weight excluding hydrogens is 1330 g/mol. The van der Waals surface area contributed by atoms with E-state index >= 15 is 0 Å². The van der Waals surface area contributed by atoms with Crippen LogP contribution in [0, 0.1) is 41.5 Å². The second kappa shape index (κ2) is 32.6. The Bertz CT molecular complexity index is 4720. The van der Waals surface area contributed by atoms with Crippen LogP contribution in [0.5, 0.6) is 51.7 Å². The molecule has 5 heterocycles. The van der Waals surface area contributed by atoms with Gasteiger partial charge in [-0.3, -0.25) is 19.2 Å². The van der Waals surface area contributed by atoms with Crippen LogP contribution in [-0.4, -0.2) is 94.2 Å². The molecule has 13 rings (SSSR count). The highest BCUT2D eigenvalue weighted by molar-refractivity contribution is 6.18. The standard InChI is InChI=1S/C22H21F3O4.C12H14O4.C12H12O4.C11H9ClO3.C11H10O4.C7H8O2/c1-12-8-16-13(9-21(26)27-2)11-28-20(16)10-19(12)29-18-7-6-14-15(18)4-3-5-17(14)22(23,24)25;2*1-7-3-9-8(4-12(14)15-2)6-16-11(9)5-10(7)13;1-6-2-8-7(5-12)3-11(14)15-10(8)4-9(6)13;1-6-2-8-7(3-11(13)14)5-15-10(8)4-9(6)12;1-5-2-3-6(8)4-7(5)9/h3-5,8,10,13,18H,6-7,9,11H2,1-2H3;3,5,8,13H,4,6H2,1-2H3;3,5-6,13H,4H2,1-2H3;2-4,13H,5H2,1H3;2,4-5,12H,3H2,1H3,(H,13,14);2-4,8-9H,1H3. The van der Waals surface area contributed by atoms with E-state index in [1.165, 1.54) is 70.3 Å². The van der Waals surface area contributed by atoms with Gasteiger partial charge in [-0.15, -0.1) is 11.6 Å². The van der Waals surface area contributed by atoms with Crippen LogP contribution < -0.4 is 19.8 Å². The lowest BCUT2D eigenvalue weighted by molar-refractivity contribution is -0.142. The zero-order chi connectivity index (χ0) is 73.0. The first-order valence-corrected chi connectivity index (χ1v) is 31.7. The van der Waals surface area contributed by atoms with Crippen molar-refractivity contribution in [3.63, 3.8) is 0 Å². The van der Waals surface area contributed by atoms with Crippen LogP contribution in [0.1, 0.15) is 115 Å². The molecule has 0 radical (unpaired) electrons. The molecular formula is C75H74ClF3O21. The number of phenols is 6. The number of methoxy groups -OCH3 is 3. The second-order valence-corrected chi connectivity index (χ2v) is 24.1. The lowest BCUT2D eigenvalue weighted by Crippen LogP contribution is -2.10. The minimum absolute atomic E-state index is 0.0294. The summed E-state index contributed by atoms with van der Waals surface area (Å²) in [6.07, 6.45) is -0.402. The number of hydrogen-bond acceptors (Lipinski definition) is 20. The van der Waals surface area contributed by atoms with Gasteiger partial charge in [0.05, 0.1) is 78.3 Å². The fourth-order valence-corrected chi connectivity index (χ4v) is 11.4. The Labute approximate surface area is 576 Å². The van der Waals surface area contributed by atoms with Crippen molar-refractivity contribution in [3.05, 3.63) is 204 Å². The number of ether oxygens (including phenoxy) is 6. The number of aromatic hydroxyl groups is 6. The molecule has 21 nitrogen and oxygen atoms in total. The lowest BCUT2D eigenvalue weighted by atomic mass is 9.96. The molecule has 3 aliphatic rings. The van der Waals surface area contributed by atoms with Gasteiger partial charge in [-0.25, -0.2) is 4.79 Å². The van der Waals surface area contributed by atoms with E-state index in [2.05, 4.69) is 9.47 Å². The van der Waals surface area contributed by atoms with Crippen molar-refractivity contribution in [1.29, 1.82) is 0 Å². The highest BCUT2D eigenvalue weighted by atomic mass is 35.5. The molecule has 7 aromatic carbocycles. The molecule has 25 heteroatoms. The Morgan fingerprint density at radius 3 is 1.52 bits per heavy atom. The van der Waals surface area contributed by atoms with Gasteiger partial charge in [0, 0.05) is 98.6 Å². The summed E-state index contributed by atoms with van der Waals surface area (Å²) in [6.45, 7) is 11.7. The SMILES string of the molecule is COC(=O)CC1COc2cc(O)c(C)cc21.COC(=O)CC1COc2cc(OC3CCc4c3cccc4C(F)(F)F)c(C)cc21.COC(=O)Cc1coc2cc(O)c(C)cc12.Cc1cc2c(CC(=O)O)coc2cc1O.Cc1cc2c(CCl)cc(=O)oc2cc1O.Cc1ccc(O)cc1O. The summed E-state index contributed by atoms with van der Waals surface area (Å²) in [7, 11) is 4.08. The number of benzene rings is 7. The molecule has 3 unspecified atom stereocenters. The quantitative estimate of drug-likeness (QED) is 0.0274. The Kier molecular flexibility index (Phi) is 24.4. The number of hydrogen-bond donors (Lipinski definition) is 7. The fourth-order valence-electron chi connectivity index (χ4n) is 11.2.